The summed E-state index contributed by atoms with van der Waals surface area (Å²) < 4.78 is 0. The monoisotopic (exact) mass is 204 g/mol. The van der Waals surface area contributed by atoms with E-state index in [0.717, 1.165) is 11.1 Å². The molecular formula is C12H16N2O. The van der Waals surface area contributed by atoms with Crippen LogP contribution in [-0.2, 0) is 0 Å². The molecule has 1 aromatic rings. The van der Waals surface area contributed by atoms with E-state index >= 15 is 0 Å². The van der Waals surface area contributed by atoms with E-state index in [-0.39, 0.29) is 12.6 Å². The Morgan fingerprint density at radius 1 is 1.47 bits per heavy atom. The first kappa shape index (κ1) is 11.7. The Hall–Kier alpha value is -1.37. The van der Waals surface area contributed by atoms with Crippen LogP contribution in [0.3, 0.4) is 0 Å². The third kappa shape index (κ3) is 3.05. The van der Waals surface area contributed by atoms with E-state index in [0.29, 0.717) is 6.54 Å². The number of nitriles is 1. The molecule has 0 heterocycles. The lowest BCUT2D eigenvalue weighted by Crippen LogP contribution is -2.23. The van der Waals surface area contributed by atoms with Crippen molar-refractivity contribution in [3.8, 4) is 6.07 Å². The molecule has 1 aromatic carbocycles. The van der Waals surface area contributed by atoms with Gasteiger partial charge in [0, 0.05) is 6.54 Å². The predicted octanol–water partition coefficient (Wildman–Crippen LogP) is 1.45. The fourth-order valence-corrected chi connectivity index (χ4v) is 1.58. The summed E-state index contributed by atoms with van der Waals surface area (Å²) in [6.07, 6.45) is 0. The Balaban J connectivity index is 2.88. The van der Waals surface area contributed by atoms with Crippen molar-refractivity contribution < 1.29 is 5.11 Å². The Bertz CT molecular complexity index is 368. The van der Waals surface area contributed by atoms with Crippen LogP contribution in [0.5, 0.6) is 0 Å². The maximum atomic E-state index is 9.01. The fraction of sp³-hybridized carbons (Fsp3) is 0.417. The number of aryl methyl sites for hydroxylation is 2. The van der Waals surface area contributed by atoms with Crippen LogP contribution < -0.4 is 5.32 Å². The van der Waals surface area contributed by atoms with Crippen LogP contribution in [0.4, 0.5) is 0 Å². The zero-order valence-electron chi connectivity index (χ0n) is 9.12. The summed E-state index contributed by atoms with van der Waals surface area (Å²) >= 11 is 0. The van der Waals surface area contributed by atoms with Crippen LogP contribution in [0.1, 0.15) is 22.7 Å². The third-order valence-corrected chi connectivity index (χ3v) is 2.33. The largest absolute Gasteiger partial charge is 0.395 e. The molecule has 0 fully saturated rings. The molecule has 15 heavy (non-hydrogen) atoms. The first-order valence-electron chi connectivity index (χ1n) is 5.00. The average Bonchev–Trinajstić information content (AvgIpc) is 2.21. The molecule has 80 valence electrons. The minimum atomic E-state index is -0.335. The van der Waals surface area contributed by atoms with Gasteiger partial charge >= 0.3 is 0 Å². The van der Waals surface area contributed by atoms with E-state index in [4.69, 9.17) is 10.4 Å². The molecule has 2 N–H and O–H groups in total. The number of rotatable bonds is 4. The van der Waals surface area contributed by atoms with Crippen LogP contribution in [0.15, 0.2) is 18.2 Å². The maximum absolute atomic E-state index is 9.01. The zero-order chi connectivity index (χ0) is 11.3. The smallest absolute Gasteiger partial charge is 0.121 e. The molecule has 0 radical (unpaired) electrons. The average molecular weight is 204 g/mol. The molecule has 0 aliphatic carbocycles. The molecule has 1 rings (SSSR count). The number of hydrogen-bond donors (Lipinski definition) is 2. The highest BCUT2D eigenvalue weighted by molar-refractivity contribution is 5.35. The van der Waals surface area contributed by atoms with E-state index < -0.39 is 0 Å². The van der Waals surface area contributed by atoms with Gasteiger partial charge in [0.15, 0.2) is 0 Å². The SMILES string of the molecule is Cc1ccc(C(C#N)NCCO)c(C)c1. The minimum absolute atomic E-state index is 0.0447. The van der Waals surface area contributed by atoms with Gasteiger partial charge in [-0.05, 0) is 25.0 Å². The van der Waals surface area contributed by atoms with Gasteiger partial charge in [0.2, 0.25) is 0 Å². The molecule has 3 heteroatoms. The second-order valence-electron chi connectivity index (χ2n) is 3.60. The fourth-order valence-electron chi connectivity index (χ4n) is 1.58. The number of hydrogen-bond acceptors (Lipinski definition) is 3. The van der Waals surface area contributed by atoms with Gasteiger partial charge in [0.1, 0.15) is 6.04 Å². The molecule has 0 aliphatic rings. The lowest BCUT2D eigenvalue weighted by molar-refractivity contribution is 0.289. The summed E-state index contributed by atoms with van der Waals surface area (Å²) in [5.74, 6) is 0. The van der Waals surface area contributed by atoms with Crippen LogP contribution in [0.2, 0.25) is 0 Å². The van der Waals surface area contributed by atoms with Gasteiger partial charge in [0.05, 0.1) is 12.7 Å². The zero-order valence-corrected chi connectivity index (χ0v) is 9.12. The second kappa shape index (κ2) is 5.50. The molecule has 0 aliphatic heterocycles. The molecule has 1 atom stereocenters. The number of benzene rings is 1. The first-order valence-corrected chi connectivity index (χ1v) is 5.00. The topological polar surface area (TPSA) is 56.0 Å². The van der Waals surface area contributed by atoms with Gasteiger partial charge in [-0.25, -0.2) is 0 Å². The highest BCUT2D eigenvalue weighted by Crippen LogP contribution is 2.18. The van der Waals surface area contributed by atoms with Gasteiger partial charge < -0.3 is 5.11 Å². The van der Waals surface area contributed by atoms with Crippen molar-refractivity contribution in [1.82, 2.24) is 5.32 Å². The van der Waals surface area contributed by atoms with Crippen LogP contribution in [-0.4, -0.2) is 18.3 Å². The lowest BCUT2D eigenvalue weighted by Gasteiger charge is -2.13. The number of nitrogens with zero attached hydrogens (tertiary/aromatic N) is 1. The van der Waals surface area contributed by atoms with Gasteiger partial charge in [-0.3, -0.25) is 5.32 Å². The highest BCUT2D eigenvalue weighted by Gasteiger charge is 2.11. The van der Waals surface area contributed by atoms with Gasteiger partial charge in [-0.1, -0.05) is 23.8 Å². The minimum Gasteiger partial charge on any atom is -0.395 e. The van der Waals surface area contributed by atoms with Crippen molar-refractivity contribution >= 4 is 0 Å². The standard InChI is InChI=1S/C12H16N2O/c1-9-3-4-11(10(2)7-9)12(8-13)14-5-6-15/h3-4,7,12,14-15H,5-6H2,1-2H3. The third-order valence-electron chi connectivity index (χ3n) is 2.33. The normalized spacial score (nSPS) is 12.1. The Labute approximate surface area is 90.4 Å². The van der Waals surface area contributed by atoms with Crippen molar-refractivity contribution in [2.75, 3.05) is 13.2 Å². The number of aliphatic hydroxyl groups is 1. The first-order chi connectivity index (χ1) is 7.19. The summed E-state index contributed by atoms with van der Waals surface area (Å²) in [6, 6.07) is 7.87. The summed E-state index contributed by atoms with van der Waals surface area (Å²) in [5.41, 5.74) is 3.28. The van der Waals surface area contributed by atoms with E-state index in [9.17, 15) is 0 Å². The Morgan fingerprint density at radius 2 is 2.20 bits per heavy atom. The van der Waals surface area contributed by atoms with Crippen LogP contribution >= 0.6 is 0 Å². The van der Waals surface area contributed by atoms with E-state index in [1.807, 2.05) is 26.0 Å². The molecule has 0 saturated carbocycles. The van der Waals surface area contributed by atoms with Gasteiger partial charge in [-0.2, -0.15) is 5.26 Å². The molecule has 0 bridgehead atoms. The van der Waals surface area contributed by atoms with Crippen molar-refractivity contribution in [3.63, 3.8) is 0 Å². The second-order valence-corrected chi connectivity index (χ2v) is 3.60. The van der Waals surface area contributed by atoms with Crippen molar-refractivity contribution in [3.05, 3.63) is 34.9 Å². The molecule has 1 unspecified atom stereocenters. The summed E-state index contributed by atoms with van der Waals surface area (Å²) in [6.45, 7) is 4.50. The molecular weight excluding hydrogens is 188 g/mol. The molecule has 3 nitrogen and oxygen atoms in total. The van der Waals surface area contributed by atoms with Crippen molar-refractivity contribution in [2.24, 2.45) is 0 Å². The molecule has 0 amide bonds. The maximum Gasteiger partial charge on any atom is 0.121 e. The molecule has 0 spiro atoms. The van der Waals surface area contributed by atoms with Gasteiger partial charge in [0.25, 0.3) is 0 Å². The summed E-state index contributed by atoms with van der Waals surface area (Å²) in [4.78, 5) is 0. The van der Waals surface area contributed by atoms with Gasteiger partial charge in [-0.15, -0.1) is 0 Å². The van der Waals surface area contributed by atoms with E-state index in [1.165, 1.54) is 5.56 Å². The van der Waals surface area contributed by atoms with E-state index in [2.05, 4.69) is 17.5 Å². The number of nitrogens with one attached hydrogen (secondary N) is 1. The lowest BCUT2D eigenvalue weighted by atomic mass is 10.00. The molecule has 0 saturated heterocycles. The van der Waals surface area contributed by atoms with Crippen molar-refractivity contribution in [1.29, 1.82) is 5.26 Å². The highest BCUT2D eigenvalue weighted by atomic mass is 16.3. The van der Waals surface area contributed by atoms with Crippen LogP contribution in [0, 0.1) is 25.2 Å². The number of aliphatic hydroxyl groups excluding tert-OH is 1. The quantitative estimate of drug-likeness (QED) is 0.780. The summed E-state index contributed by atoms with van der Waals surface area (Å²) in [5, 5.41) is 20.7. The Kier molecular flexibility index (Phi) is 4.29. The van der Waals surface area contributed by atoms with E-state index in [1.54, 1.807) is 0 Å². The predicted molar refractivity (Wildman–Crippen MR) is 59.4 cm³/mol. The Morgan fingerprint density at radius 3 is 2.73 bits per heavy atom. The van der Waals surface area contributed by atoms with Crippen LogP contribution in [0.25, 0.3) is 0 Å². The van der Waals surface area contributed by atoms with Crippen molar-refractivity contribution in [2.45, 2.75) is 19.9 Å². The summed E-state index contributed by atoms with van der Waals surface area (Å²) in [7, 11) is 0. The molecule has 0 aromatic heterocycles.